The zero-order valence-electron chi connectivity index (χ0n) is 13.6. The number of hydrogen-bond acceptors (Lipinski definition) is 3. The molecule has 6 heteroatoms. The fourth-order valence-corrected chi connectivity index (χ4v) is 2.90. The lowest BCUT2D eigenvalue weighted by molar-refractivity contribution is 0.0783. The first-order valence-electron chi connectivity index (χ1n) is 7.92. The van der Waals surface area contributed by atoms with Crippen LogP contribution in [0.2, 0.25) is 0 Å². The standard InChI is InChI=1S/C19H16N4O2/c1-23(11-14-8-6-12-4-2-3-5-15(12)20-14)18(24)13-7-9-16-17(10-13)22-19(25)21-16/h2-10H,11H2,1H3,(H2,21,22,25). The van der Waals surface area contributed by atoms with Crippen LogP contribution >= 0.6 is 0 Å². The molecule has 0 spiro atoms. The van der Waals surface area contributed by atoms with Gasteiger partial charge in [-0.25, -0.2) is 4.79 Å². The molecule has 6 nitrogen and oxygen atoms in total. The number of aromatic nitrogens is 3. The van der Waals surface area contributed by atoms with Gasteiger partial charge in [0.05, 0.1) is 28.8 Å². The molecule has 2 heterocycles. The van der Waals surface area contributed by atoms with Gasteiger partial charge in [0.1, 0.15) is 0 Å². The highest BCUT2D eigenvalue weighted by atomic mass is 16.2. The largest absolute Gasteiger partial charge is 0.336 e. The summed E-state index contributed by atoms with van der Waals surface area (Å²) in [5, 5.41) is 1.07. The molecule has 0 saturated carbocycles. The molecule has 2 aromatic heterocycles. The highest BCUT2D eigenvalue weighted by Gasteiger charge is 2.14. The number of nitrogens with zero attached hydrogens (tertiary/aromatic N) is 2. The second kappa shape index (κ2) is 5.90. The van der Waals surface area contributed by atoms with E-state index in [1.807, 2.05) is 36.4 Å². The van der Waals surface area contributed by atoms with Gasteiger partial charge in [-0.1, -0.05) is 24.3 Å². The Balaban J connectivity index is 1.58. The monoisotopic (exact) mass is 332 g/mol. The molecule has 1 amide bonds. The lowest BCUT2D eigenvalue weighted by Gasteiger charge is -2.17. The summed E-state index contributed by atoms with van der Waals surface area (Å²) in [5.41, 5.74) is 3.27. The van der Waals surface area contributed by atoms with Crippen LogP contribution in [0.25, 0.3) is 21.9 Å². The molecule has 0 aliphatic rings. The van der Waals surface area contributed by atoms with Crippen LogP contribution < -0.4 is 5.69 Å². The third-order valence-corrected chi connectivity index (χ3v) is 4.16. The highest BCUT2D eigenvalue weighted by molar-refractivity contribution is 5.97. The number of nitrogens with one attached hydrogen (secondary N) is 2. The first kappa shape index (κ1) is 15.1. The van der Waals surface area contributed by atoms with Crippen molar-refractivity contribution in [2.24, 2.45) is 0 Å². The number of para-hydroxylation sites is 1. The van der Waals surface area contributed by atoms with Crippen LogP contribution in [0.1, 0.15) is 16.1 Å². The minimum atomic E-state index is -0.284. The van der Waals surface area contributed by atoms with Gasteiger partial charge < -0.3 is 14.9 Å². The number of imidazole rings is 1. The number of benzene rings is 2. The summed E-state index contributed by atoms with van der Waals surface area (Å²) in [7, 11) is 1.74. The molecule has 0 atom stereocenters. The third-order valence-electron chi connectivity index (χ3n) is 4.16. The topological polar surface area (TPSA) is 81.8 Å². The number of aromatic amines is 2. The van der Waals surface area contributed by atoms with Crippen LogP contribution in [0.3, 0.4) is 0 Å². The first-order valence-corrected chi connectivity index (χ1v) is 7.92. The average molecular weight is 332 g/mol. The molecule has 0 aliphatic heterocycles. The van der Waals surface area contributed by atoms with E-state index in [0.717, 1.165) is 16.6 Å². The van der Waals surface area contributed by atoms with E-state index in [1.54, 1.807) is 30.1 Å². The average Bonchev–Trinajstić information content (AvgIpc) is 3.00. The predicted octanol–water partition coefficient (Wildman–Crippen LogP) is 2.68. The zero-order valence-corrected chi connectivity index (χ0v) is 13.6. The minimum Gasteiger partial charge on any atom is -0.336 e. The summed E-state index contributed by atoms with van der Waals surface area (Å²) in [6, 6.07) is 16.9. The molecule has 0 aliphatic carbocycles. The molecule has 124 valence electrons. The maximum absolute atomic E-state index is 12.7. The van der Waals surface area contributed by atoms with Crippen molar-refractivity contribution < 1.29 is 4.79 Å². The predicted molar refractivity (Wildman–Crippen MR) is 96.5 cm³/mol. The van der Waals surface area contributed by atoms with Gasteiger partial charge in [0.2, 0.25) is 0 Å². The number of carbonyl (C=O) groups excluding carboxylic acids is 1. The van der Waals surface area contributed by atoms with Crippen LogP contribution in [0.5, 0.6) is 0 Å². The van der Waals surface area contributed by atoms with E-state index in [-0.39, 0.29) is 11.6 Å². The summed E-state index contributed by atoms with van der Waals surface area (Å²) in [6.07, 6.45) is 0. The van der Waals surface area contributed by atoms with Crippen LogP contribution in [0, 0.1) is 0 Å². The molecule has 0 radical (unpaired) electrons. The first-order chi connectivity index (χ1) is 12.1. The van der Waals surface area contributed by atoms with Crippen molar-refractivity contribution in [1.82, 2.24) is 19.9 Å². The SMILES string of the molecule is CN(Cc1ccc2ccccc2n1)C(=O)c1ccc2[nH]c(=O)[nH]c2c1. The van der Waals surface area contributed by atoms with Crippen LogP contribution in [-0.2, 0) is 6.54 Å². The van der Waals surface area contributed by atoms with Crippen LogP contribution in [-0.4, -0.2) is 32.8 Å². The Morgan fingerprint density at radius 1 is 1.04 bits per heavy atom. The van der Waals surface area contributed by atoms with Gasteiger partial charge in [-0.15, -0.1) is 0 Å². The van der Waals surface area contributed by atoms with Gasteiger partial charge in [0.25, 0.3) is 5.91 Å². The lowest BCUT2D eigenvalue weighted by Crippen LogP contribution is -2.26. The Kier molecular flexibility index (Phi) is 3.57. The molecular weight excluding hydrogens is 316 g/mol. The summed E-state index contributed by atoms with van der Waals surface area (Å²) in [5.74, 6) is -0.126. The molecule has 25 heavy (non-hydrogen) atoms. The quantitative estimate of drug-likeness (QED) is 0.605. The smallest absolute Gasteiger partial charge is 0.323 e. The second-order valence-corrected chi connectivity index (χ2v) is 6.00. The minimum absolute atomic E-state index is 0.126. The van der Waals surface area contributed by atoms with E-state index >= 15 is 0 Å². The van der Waals surface area contributed by atoms with Gasteiger partial charge in [0.15, 0.2) is 0 Å². The zero-order chi connectivity index (χ0) is 17.4. The molecule has 4 rings (SSSR count). The lowest BCUT2D eigenvalue weighted by atomic mass is 10.1. The molecule has 0 fully saturated rings. The normalized spacial score (nSPS) is 11.1. The Labute approximate surface area is 143 Å². The van der Waals surface area contributed by atoms with E-state index in [1.165, 1.54) is 0 Å². The third kappa shape index (κ3) is 2.89. The second-order valence-electron chi connectivity index (χ2n) is 6.00. The van der Waals surface area contributed by atoms with Crippen molar-refractivity contribution in [2.75, 3.05) is 7.05 Å². The maximum atomic E-state index is 12.7. The van der Waals surface area contributed by atoms with Crippen molar-refractivity contribution in [1.29, 1.82) is 0 Å². The number of H-pyrrole nitrogens is 2. The highest BCUT2D eigenvalue weighted by Crippen LogP contribution is 2.15. The number of fused-ring (bicyclic) bond motifs is 2. The summed E-state index contributed by atoms with van der Waals surface area (Å²) < 4.78 is 0. The number of hydrogen-bond donors (Lipinski definition) is 2. The fraction of sp³-hybridized carbons (Fsp3) is 0.105. The van der Waals surface area contributed by atoms with Crippen LogP contribution in [0.15, 0.2) is 59.4 Å². The Hall–Kier alpha value is -3.41. The number of pyridine rings is 1. The molecule has 2 aromatic carbocycles. The van der Waals surface area contributed by atoms with Gasteiger partial charge in [0, 0.05) is 18.0 Å². The van der Waals surface area contributed by atoms with Gasteiger partial charge in [-0.05, 0) is 30.3 Å². The molecule has 0 unspecified atom stereocenters. The number of amides is 1. The van der Waals surface area contributed by atoms with Crippen molar-refractivity contribution in [3.05, 3.63) is 76.3 Å². The van der Waals surface area contributed by atoms with Crippen molar-refractivity contribution in [3.63, 3.8) is 0 Å². The molecule has 0 bridgehead atoms. The molecule has 2 N–H and O–H groups in total. The maximum Gasteiger partial charge on any atom is 0.323 e. The van der Waals surface area contributed by atoms with Gasteiger partial charge >= 0.3 is 5.69 Å². The molecule has 0 saturated heterocycles. The van der Waals surface area contributed by atoms with E-state index in [4.69, 9.17) is 0 Å². The molecular formula is C19H16N4O2. The summed E-state index contributed by atoms with van der Waals surface area (Å²) in [6.45, 7) is 0.408. The van der Waals surface area contributed by atoms with Crippen molar-refractivity contribution in [2.45, 2.75) is 6.54 Å². The Bertz CT molecular complexity index is 1140. The van der Waals surface area contributed by atoms with E-state index in [0.29, 0.717) is 23.1 Å². The molecule has 4 aromatic rings. The van der Waals surface area contributed by atoms with Crippen molar-refractivity contribution >= 4 is 27.8 Å². The van der Waals surface area contributed by atoms with Gasteiger partial charge in [-0.3, -0.25) is 9.78 Å². The Morgan fingerprint density at radius 2 is 1.84 bits per heavy atom. The Morgan fingerprint density at radius 3 is 2.72 bits per heavy atom. The summed E-state index contributed by atoms with van der Waals surface area (Å²) >= 11 is 0. The number of carbonyl (C=O) groups is 1. The summed E-state index contributed by atoms with van der Waals surface area (Å²) in [4.78, 5) is 35.5. The fourth-order valence-electron chi connectivity index (χ4n) is 2.90. The van der Waals surface area contributed by atoms with E-state index in [9.17, 15) is 9.59 Å². The van der Waals surface area contributed by atoms with Gasteiger partial charge in [-0.2, -0.15) is 0 Å². The van der Waals surface area contributed by atoms with Crippen molar-refractivity contribution in [3.8, 4) is 0 Å². The van der Waals surface area contributed by atoms with Crippen LogP contribution in [0.4, 0.5) is 0 Å². The number of rotatable bonds is 3. The van der Waals surface area contributed by atoms with E-state index in [2.05, 4.69) is 15.0 Å². The van der Waals surface area contributed by atoms with E-state index < -0.39 is 0 Å².